The van der Waals surface area contributed by atoms with E-state index in [-0.39, 0.29) is 11.8 Å². The van der Waals surface area contributed by atoms with Crippen molar-refractivity contribution in [2.24, 2.45) is 0 Å². The van der Waals surface area contributed by atoms with Crippen LogP contribution in [-0.4, -0.2) is 28.3 Å². The second kappa shape index (κ2) is 9.39. The number of amides is 2. The molecule has 2 aromatic heterocycles. The summed E-state index contributed by atoms with van der Waals surface area (Å²) in [6.07, 6.45) is 9.41. The number of hydrogen-bond acceptors (Lipinski definition) is 4. The van der Waals surface area contributed by atoms with Crippen molar-refractivity contribution in [1.82, 2.24) is 20.6 Å². The van der Waals surface area contributed by atoms with Gasteiger partial charge in [-0.1, -0.05) is 25.8 Å². The van der Waals surface area contributed by atoms with Crippen molar-refractivity contribution in [2.75, 3.05) is 6.54 Å². The van der Waals surface area contributed by atoms with Crippen LogP contribution >= 0.6 is 0 Å². The van der Waals surface area contributed by atoms with E-state index in [9.17, 15) is 9.59 Å². The van der Waals surface area contributed by atoms with Crippen molar-refractivity contribution < 1.29 is 9.59 Å². The van der Waals surface area contributed by atoms with Gasteiger partial charge in [0.1, 0.15) is 0 Å². The number of hydrogen-bond donors (Lipinski definition) is 2. The van der Waals surface area contributed by atoms with Crippen LogP contribution in [0.2, 0.25) is 0 Å². The molecule has 2 amide bonds. The summed E-state index contributed by atoms with van der Waals surface area (Å²) >= 11 is 0. The molecule has 0 saturated heterocycles. The Balaban J connectivity index is 1.91. The van der Waals surface area contributed by atoms with Gasteiger partial charge in [0.25, 0.3) is 11.8 Å². The highest BCUT2D eigenvalue weighted by Crippen LogP contribution is 2.04. The van der Waals surface area contributed by atoms with Crippen LogP contribution in [-0.2, 0) is 6.54 Å². The number of pyridine rings is 2. The molecule has 0 aliphatic carbocycles. The minimum absolute atomic E-state index is 0.208. The number of nitrogens with zero attached hydrogens (tertiary/aromatic N) is 2. The molecule has 2 aromatic rings. The Hall–Kier alpha value is -2.76. The summed E-state index contributed by atoms with van der Waals surface area (Å²) in [5.41, 5.74) is 1.66. The molecule has 0 spiro atoms. The zero-order chi connectivity index (χ0) is 17.2. The Morgan fingerprint density at radius 3 is 2.42 bits per heavy atom. The maximum absolute atomic E-state index is 12.2. The highest BCUT2D eigenvalue weighted by molar-refractivity contribution is 5.99. The maximum atomic E-state index is 12.2. The van der Waals surface area contributed by atoms with E-state index in [0.717, 1.165) is 24.8 Å². The van der Waals surface area contributed by atoms with Gasteiger partial charge in [-0.2, -0.15) is 0 Å². The van der Waals surface area contributed by atoms with Crippen molar-refractivity contribution in [1.29, 1.82) is 0 Å². The van der Waals surface area contributed by atoms with Gasteiger partial charge >= 0.3 is 0 Å². The third-order valence-corrected chi connectivity index (χ3v) is 3.50. The lowest BCUT2D eigenvalue weighted by Crippen LogP contribution is -2.26. The summed E-state index contributed by atoms with van der Waals surface area (Å²) in [4.78, 5) is 32.2. The number of aromatic nitrogens is 2. The molecule has 0 radical (unpaired) electrons. The van der Waals surface area contributed by atoms with Crippen LogP contribution in [0.25, 0.3) is 0 Å². The van der Waals surface area contributed by atoms with Crippen molar-refractivity contribution in [3.05, 3.63) is 59.7 Å². The maximum Gasteiger partial charge on any atom is 0.253 e. The van der Waals surface area contributed by atoms with Gasteiger partial charge in [0, 0.05) is 37.9 Å². The van der Waals surface area contributed by atoms with E-state index in [1.807, 2.05) is 12.1 Å². The molecule has 2 heterocycles. The summed E-state index contributed by atoms with van der Waals surface area (Å²) in [6, 6.07) is 5.25. The molecule has 6 nitrogen and oxygen atoms in total. The second-order valence-electron chi connectivity index (χ2n) is 5.47. The van der Waals surface area contributed by atoms with Gasteiger partial charge in [0.05, 0.1) is 11.1 Å². The minimum Gasteiger partial charge on any atom is -0.352 e. The molecule has 0 atom stereocenters. The number of carbonyl (C=O) groups excluding carboxylic acids is 2. The third-order valence-electron chi connectivity index (χ3n) is 3.50. The predicted octanol–water partition coefficient (Wildman–Crippen LogP) is 2.33. The molecule has 126 valence electrons. The van der Waals surface area contributed by atoms with Gasteiger partial charge in [0.2, 0.25) is 0 Å². The highest BCUT2D eigenvalue weighted by Gasteiger charge is 2.11. The summed E-state index contributed by atoms with van der Waals surface area (Å²) in [6.45, 7) is 3.11. The Bertz CT molecular complexity index is 674. The predicted molar refractivity (Wildman–Crippen MR) is 91.5 cm³/mol. The summed E-state index contributed by atoms with van der Waals surface area (Å²) < 4.78 is 0. The number of rotatable bonds is 8. The van der Waals surface area contributed by atoms with Gasteiger partial charge in [-0.3, -0.25) is 19.6 Å². The van der Waals surface area contributed by atoms with Gasteiger partial charge < -0.3 is 10.6 Å². The molecule has 2 N–H and O–H groups in total. The number of nitrogens with one attached hydrogen (secondary N) is 2. The standard InChI is InChI=1S/C18H22N4O2/c1-2-3-4-8-21-17(23)15-9-16(13-20-12-15)18(24)22-11-14-6-5-7-19-10-14/h5-7,9-10,12-13H,2-4,8,11H2,1H3,(H,21,23)(H,22,24). The monoisotopic (exact) mass is 326 g/mol. The normalized spacial score (nSPS) is 10.2. The largest absolute Gasteiger partial charge is 0.352 e. The molecule has 2 rings (SSSR count). The van der Waals surface area contributed by atoms with Gasteiger partial charge in [0.15, 0.2) is 0 Å². The first kappa shape index (κ1) is 17.6. The van der Waals surface area contributed by atoms with Crippen molar-refractivity contribution in [3.63, 3.8) is 0 Å². The average Bonchev–Trinajstić information content (AvgIpc) is 2.64. The van der Waals surface area contributed by atoms with Gasteiger partial charge in [-0.05, 0) is 24.1 Å². The smallest absolute Gasteiger partial charge is 0.253 e. The van der Waals surface area contributed by atoms with Crippen molar-refractivity contribution in [3.8, 4) is 0 Å². The molecule has 0 aliphatic heterocycles. The Labute approximate surface area is 141 Å². The molecule has 0 unspecified atom stereocenters. The molecular weight excluding hydrogens is 304 g/mol. The number of carbonyl (C=O) groups is 2. The fraction of sp³-hybridized carbons (Fsp3) is 0.333. The van der Waals surface area contributed by atoms with E-state index in [2.05, 4.69) is 27.5 Å². The van der Waals surface area contributed by atoms with Crippen molar-refractivity contribution >= 4 is 11.8 Å². The molecule has 0 bridgehead atoms. The van der Waals surface area contributed by atoms with E-state index in [1.54, 1.807) is 18.5 Å². The average molecular weight is 326 g/mol. The molecule has 0 saturated carbocycles. The van der Waals surface area contributed by atoms with Crippen LogP contribution in [0.1, 0.15) is 52.5 Å². The highest BCUT2D eigenvalue weighted by atomic mass is 16.2. The quantitative estimate of drug-likeness (QED) is 0.729. The van der Waals surface area contributed by atoms with E-state index < -0.39 is 0 Å². The number of unbranched alkanes of at least 4 members (excludes halogenated alkanes) is 2. The van der Waals surface area contributed by atoms with Gasteiger partial charge in [-0.15, -0.1) is 0 Å². The Kier molecular flexibility index (Phi) is 6.89. The lowest BCUT2D eigenvalue weighted by Gasteiger charge is -2.07. The van der Waals surface area contributed by atoms with E-state index in [4.69, 9.17) is 0 Å². The second-order valence-corrected chi connectivity index (χ2v) is 5.47. The summed E-state index contributed by atoms with van der Waals surface area (Å²) in [5, 5.41) is 5.63. The zero-order valence-electron chi connectivity index (χ0n) is 13.8. The topological polar surface area (TPSA) is 84.0 Å². The lowest BCUT2D eigenvalue weighted by molar-refractivity contribution is 0.0950. The first-order chi connectivity index (χ1) is 11.7. The first-order valence-electron chi connectivity index (χ1n) is 8.11. The first-order valence-corrected chi connectivity index (χ1v) is 8.11. The van der Waals surface area contributed by atoms with Crippen LogP contribution in [0.5, 0.6) is 0 Å². The van der Waals surface area contributed by atoms with E-state index in [1.165, 1.54) is 12.4 Å². The zero-order valence-corrected chi connectivity index (χ0v) is 13.8. The van der Waals surface area contributed by atoms with E-state index in [0.29, 0.717) is 24.2 Å². The molecular formula is C18H22N4O2. The third kappa shape index (κ3) is 5.46. The van der Waals surface area contributed by atoms with Crippen LogP contribution in [0, 0.1) is 0 Å². The lowest BCUT2D eigenvalue weighted by atomic mass is 10.1. The van der Waals surface area contributed by atoms with E-state index >= 15 is 0 Å². The molecule has 0 aliphatic rings. The minimum atomic E-state index is -0.271. The Morgan fingerprint density at radius 1 is 1.00 bits per heavy atom. The summed E-state index contributed by atoms with van der Waals surface area (Å²) in [7, 11) is 0. The SMILES string of the molecule is CCCCCNC(=O)c1cncc(C(=O)NCc2cccnc2)c1. The van der Waals surface area contributed by atoms with Crippen LogP contribution in [0.4, 0.5) is 0 Å². The molecule has 24 heavy (non-hydrogen) atoms. The van der Waals surface area contributed by atoms with Crippen LogP contribution in [0.15, 0.2) is 43.0 Å². The van der Waals surface area contributed by atoms with Crippen LogP contribution in [0.3, 0.4) is 0 Å². The van der Waals surface area contributed by atoms with Crippen molar-refractivity contribution in [2.45, 2.75) is 32.7 Å². The van der Waals surface area contributed by atoms with Crippen LogP contribution < -0.4 is 10.6 Å². The van der Waals surface area contributed by atoms with Gasteiger partial charge in [-0.25, -0.2) is 0 Å². The molecule has 6 heteroatoms. The molecule has 0 fully saturated rings. The summed E-state index contributed by atoms with van der Waals surface area (Å²) in [5.74, 6) is -0.479. The molecule has 0 aromatic carbocycles. The Morgan fingerprint density at radius 2 is 1.75 bits per heavy atom. The fourth-order valence-electron chi connectivity index (χ4n) is 2.15. The fourth-order valence-corrected chi connectivity index (χ4v) is 2.15.